The SMILES string of the molecule is CCCc1c(O)c(C2=NNC(=O)C2)c(OC)c2ccoc12. The van der Waals surface area contributed by atoms with Gasteiger partial charge in [-0.1, -0.05) is 13.3 Å². The molecule has 1 aromatic heterocycles. The predicted molar refractivity (Wildman–Crippen MR) is 77.7 cm³/mol. The lowest BCUT2D eigenvalue weighted by Crippen LogP contribution is -2.09. The molecule has 6 nitrogen and oxygen atoms in total. The number of aromatic hydroxyl groups is 1. The number of benzene rings is 1. The largest absolute Gasteiger partial charge is 0.507 e. The Kier molecular flexibility index (Phi) is 3.29. The van der Waals surface area contributed by atoms with Gasteiger partial charge in [0, 0.05) is 5.56 Å². The average Bonchev–Trinajstić information content (AvgIpc) is 3.10. The Morgan fingerprint density at radius 3 is 2.95 bits per heavy atom. The Morgan fingerprint density at radius 2 is 2.33 bits per heavy atom. The highest BCUT2D eigenvalue weighted by molar-refractivity contribution is 6.18. The quantitative estimate of drug-likeness (QED) is 0.904. The van der Waals surface area contributed by atoms with Gasteiger partial charge in [0.1, 0.15) is 17.1 Å². The van der Waals surface area contributed by atoms with Crippen molar-refractivity contribution in [1.82, 2.24) is 5.43 Å². The minimum Gasteiger partial charge on any atom is -0.507 e. The van der Waals surface area contributed by atoms with E-state index in [1.807, 2.05) is 6.92 Å². The number of rotatable bonds is 4. The molecule has 2 aromatic rings. The number of hydrogen-bond acceptors (Lipinski definition) is 5. The minimum absolute atomic E-state index is 0.0754. The molecule has 2 heterocycles. The maximum absolute atomic E-state index is 11.4. The van der Waals surface area contributed by atoms with E-state index >= 15 is 0 Å². The van der Waals surface area contributed by atoms with Crippen molar-refractivity contribution in [1.29, 1.82) is 0 Å². The van der Waals surface area contributed by atoms with Crippen LogP contribution in [0.5, 0.6) is 11.5 Å². The van der Waals surface area contributed by atoms with E-state index < -0.39 is 0 Å². The molecule has 0 bridgehead atoms. The van der Waals surface area contributed by atoms with Crippen molar-refractivity contribution in [3.8, 4) is 11.5 Å². The summed E-state index contributed by atoms with van der Waals surface area (Å²) in [6.45, 7) is 2.02. The van der Waals surface area contributed by atoms with Crippen molar-refractivity contribution in [2.45, 2.75) is 26.2 Å². The molecule has 2 N–H and O–H groups in total. The summed E-state index contributed by atoms with van der Waals surface area (Å²) >= 11 is 0. The predicted octanol–water partition coefficient (Wildman–Crippen LogP) is 2.32. The van der Waals surface area contributed by atoms with Crippen molar-refractivity contribution in [3.05, 3.63) is 23.5 Å². The molecule has 110 valence electrons. The van der Waals surface area contributed by atoms with E-state index in [1.54, 1.807) is 12.3 Å². The minimum atomic E-state index is -0.198. The first-order valence-electron chi connectivity index (χ1n) is 6.82. The molecule has 6 heteroatoms. The lowest BCUT2D eigenvalue weighted by molar-refractivity contribution is -0.119. The summed E-state index contributed by atoms with van der Waals surface area (Å²) in [5.74, 6) is 0.355. The maximum atomic E-state index is 11.4. The van der Waals surface area contributed by atoms with Crippen LogP contribution in [0.25, 0.3) is 11.0 Å². The number of furan rings is 1. The zero-order chi connectivity index (χ0) is 15.0. The summed E-state index contributed by atoms with van der Waals surface area (Å²) < 4.78 is 10.9. The molecule has 0 aliphatic carbocycles. The van der Waals surface area contributed by atoms with E-state index in [1.165, 1.54) is 7.11 Å². The number of nitrogens with zero attached hydrogens (tertiary/aromatic N) is 1. The highest BCUT2D eigenvalue weighted by atomic mass is 16.5. The van der Waals surface area contributed by atoms with Crippen LogP contribution in [-0.4, -0.2) is 23.8 Å². The Balaban J connectivity index is 2.31. The van der Waals surface area contributed by atoms with Crippen molar-refractivity contribution in [2.75, 3.05) is 7.11 Å². The third kappa shape index (κ3) is 2.03. The average molecular weight is 288 g/mol. The first-order chi connectivity index (χ1) is 10.2. The van der Waals surface area contributed by atoms with Gasteiger partial charge in [0.25, 0.3) is 0 Å². The number of amides is 1. The summed E-state index contributed by atoms with van der Waals surface area (Å²) in [6, 6.07) is 1.79. The molecule has 21 heavy (non-hydrogen) atoms. The molecule has 0 spiro atoms. The van der Waals surface area contributed by atoms with Crippen LogP contribution >= 0.6 is 0 Å². The van der Waals surface area contributed by atoms with Gasteiger partial charge in [-0.25, -0.2) is 5.43 Å². The molecular formula is C15H16N2O4. The molecule has 3 rings (SSSR count). The highest BCUT2D eigenvalue weighted by Gasteiger charge is 2.28. The van der Waals surface area contributed by atoms with Crippen LogP contribution in [0.2, 0.25) is 0 Å². The van der Waals surface area contributed by atoms with E-state index in [0.29, 0.717) is 29.0 Å². The number of carbonyl (C=O) groups excluding carboxylic acids is 1. The second-order valence-corrected chi connectivity index (χ2v) is 4.92. The molecule has 0 atom stereocenters. The number of ether oxygens (including phenoxy) is 1. The number of carbonyl (C=O) groups is 1. The van der Waals surface area contributed by atoms with Crippen molar-refractivity contribution < 1.29 is 19.1 Å². The molecule has 0 unspecified atom stereocenters. The van der Waals surface area contributed by atoms with Crippen LogP contribution in [0.1, 0.15) is 30.9 Å². The van der Waals surface area contributed by atoms with Crippen molar-refractivity contribution >= 4 is 22.6 Å². The van der Waals surface area contributed by atoms with Gasteiger partial charge in [-0.2, -0.15) is 5.10 Å². The molecule has 1 amide bonds. The van der Waals surface area contributed by atoms with Crippen molar-refractivity contribution in [2.24, 2.45) is 5.10 Å². The van der Waals surface area contributed by atoms with Gasteiger partial charge in [-0.05, 0) is 12.5 Å². The molecular weight excluding hydrogens is 272 g/mol. The first kappa shape index (κ1) is 13.5. The number of hydrogen-bond donors (Lipinski definition) is 2. The number of phenolic OH excluding ortho intramolecular Hbond substituents is 1. The van der Waals surface area contributed by atoms with Crippen LogP contribution < -0.4 is 10.2 Å². The van der Waals surface area contributed by atoms with Gasteiger partial charge in [0.05, 0.1) is 36.5 Å². The van der Waals surface area contributed by atoms with E-state index in [-0.39, 0.29) is 18.1 Å². The van der Waals surface area contributed by atoms with Gasteiger partial charge in [0.15, 0.2) is 0 Å². The molecule has 1 aromatic carbocycles. The summed E-state index contributed by atoms with van der Waals surface area (Å²) in [7, 11) is 1.52. The molecule has 0 saturated heterocycles. The number of hydrazone groups is 1. The first-order valence-corrected chi connectivity index (χ1v) is 6.82. The monoisotopic (exact) mass is 288 g/mol. The molecule has 1 aliphatic rings. The third-order valence-corrected chi connectivity index (χ3v) is 3.57. The fraction of sp³-hybridized carbons (Fsp3) is 0.333. The maximum Gasteiger partial charge on any atom is 0.246 e. The van der Waals surface area contributed by atoms with Crippen LogP contribution in [0.15, 0.2) is 21.8 Å². The fourth-order valence-corrected chi connectivity index (χ4v) is 2.69. The zero-order valence-electron chi connectivity index (χ0n) is 11.9. The van der Waals surface area contributed by atoms with Crippen LogP contribution in [0.4, 0.5) is 0 Å². The number of phenols is 1. The molecule has 1 aliphatic heterocycles. The number of aryl methyl sites for hydroxylation is 1. The Morgan fingerprint density at radius 1 is 1.52 bits per heavy atom. The zero-order valence-corrected chi connectivity index (χ0v) is 11.9. The van der Waals surface area contributed by atoms with Gasteiger partial charge in [-0.3, -0.25) is 4.79 Å². The van der Waals surface area contributed by atoms with Gasteiger partial charge in [0.2, 0.25) is 5.91 Å². The Bertz CT molecular complexity index is 746. The summed E-state index contributed by atoms with van der Waals surface area (Å²) in [5.41, 5.74) is 4.68. The fourth-order valence-electron chi connectivity index (χ4n) is 2.69. The second-order valence-electron chi connectivity index (χ2n) is 4.92. The number of fused-ring (bicyclic) bond motifs is 1. The van der Waals surface area contributed by atoms with E-state index in [4.69, 9.17) is 9.15 Å². The van der Waals surface area contributed by atoms with E-state index in [2.05, 4.69) is 10.5 Å². The summed E-state index contributed by atoms with van der Waals surface area (Å²) in [5, 5.41) is 15.4. The van der Waals surface area contributed by atoms with E-state index in [9.17, 15) is 9.90 Å². The molecule has 0 saturated carbocycles. The number of nitrogens with one attached hydrogen (secondary N) is 1. The van der Waals surface area contributed by atoms with Crippen molar-refractivity contribution in [3.63, 3.8) is 0 Å². The van der Waals surface area contributed by atoms with Gasteiger partial charge >= 0.3 is 0 Å². The summed E-state index contributed by atoms with van der Waals surface area (Å²) in [4.78, 5) is 11.4. The molecule has 0 radical (unpaired) electrons. The normalized spacial score (nSPS) is 14.4. The second kappa shape index (κ2) is 5.12. The summed E-state index contributed by atoms with van der Waals surface area (Å²) in [6.07, 6.45) is 3.22. The van der Waals surface area contributed by atoms with E-state index in [0.717, 1.165) is 17.4 Å². The topological polar surface area (TPSA) is 84.1 Å². The van der Waals surface area contributed by atoms with Crippen LogP contribution in [-0.2, 0) is 11.2 Å². The standard InChI is InChI=1S/C15H16N2O4/c1-3-4-8-13(19)12(10-7-11(18)17-16-10)15(20-2)9-5-6-21-14(8)9/h5-6,19H,3-4,7H2,1-2H3,(H,17,18). The van der Waals surface area contributed by atoms with Crippen LogP contribution in [0, 0.1) is 0 Å². The number of methoxy groups -OCH3 is 1. The third-order valence-electron chi connectivity index (χ3n) is 3.57. The molecule has 0 fully saturated rings. The Hall–Kier alpha value is -2.50. The highest BCUT2D eigenvalue weighted by Crippen LogP contribution is 2.42. The van der Waals surface area contributed by atoms with Gasteiger partial charge in [-0.15, -0.1) is 0 Å². The smallest absolute Gasteiger partial charge is 0.246 e. The Labute approximate surface area is 121 Å². The van der Waals surface area contributed by atoms with Crippen LogP contribution in [0.3, 0.4) is 0 Å². The lowest BCUT2D eigenvalue weighted by Gasteiger charge is -2.14. The lowest BCUT2D eigenvalue weighted by atomic mass is 9.96. The van der Waals surface area contributed by atoms with Gasteiger partial charge < -0.3 is 14.3 Å².